The Kier molecular flexibility index (Phi) is 3.44. The van der Waals surface area contributed by atoms with E-state index in [-0.39, 0.29) is 0 Å². The van der Waals surface area contributed by atoms with Crippen LogP contribution in [0.25, 0.3) is 0 Å². The van der Waals surface area contributed by atoms with Crippen molar-refractivity contribution in [3.63, 3.8) is 0 Å². The first-order valence-electron chi connectivity index (χ1n) is 5.38. The van der Waals surface area contributed by atoms with Gasteiger partial charge in [0.05, 0.1) is 0 Å². The van der Waals surface area contributed by atoms with Crippen LogP contribution in [0.1, 0.15) is 17.5 Å². The van der Waals surface area contributed by atoms with Crippen LogP contribution in [-0.4, -0.2) is 24.0 Å². The van der Waals surface area contributed by atoms with Crippen LogP contribution in [0.15, 0.2) is 22.7 Å². The molecule has 1 saturated heterocycles. The Morgan fingerprint density at radius 1 is 1.53 bits per heavy atom. The zero-order valence-electron chi connectivity index (χ0n) is 9.04. The molecule has 3 heteroatoms. The molecule has 0 radical (unpaired) electrons. The van der Waals surface area contributed by atoms with Crippen LogP contribution >= 0.6 is 15.9 Å². The summed E-state index contributed by atoms with van der Waals surface area (Å²) in [7, 11) is 0. The van der Waals surface area contributed by atoms with Gasteiger partial charge in [0, 0.05) is 30.1 Å². The summed E-state index contributed by atoms with van der Waals surface area (Å²) in [5, 5.41) is 0. The number of nitrogens with zero attached hydrogens (tertiary/aromatic N) is 1. The molecule has 1 aliphatic heterocycles. The molecule has 1 atom stereocenters. The molecule has 0 saturated carbocycles. The first-order chi connectivity index (χ1) is 7.15. The van der Waals surface area contributed by atoms with Crippen LogP contribution < -0.4 is 5.73 Å². The third kappa shape index (κ3) is 2.80. The minimum atomic E-state index is 0.370. The Balaban J connectivity index is 2.04. The second-order valence-corrected chi connectivity index (χ2v) is 5.23. The lowest BCUT2D eigenvalue weighted by Gasteiger charge is -2.16. The van der Waals surface area contributed by atoms with Crippen molar-refractivity contribution < 1.29 is 0 Å². The molecular formula is C12H17BrN2. The van der Waals surface area contributed by atoms with Crippen molar-refractivity contribution in [2.45, 2.75) is 25.9 Å². The molecule has 1 aromatic rings. The van der Waals surface area contributed by atoms with Crippen molar-refractivity contribution in [1.82, 2.24) is 4.90 Å². The first kappa shape index (κ1) is 11.1. The van der Waals surface area contributed by atoms with Crippen molar-refractivity contribution in [3.05, 3.63) is 33.8 Å². The van der Waals surface area contributed by atoms with Gasteiger partial charge < -0.3 is 5.73 Å². The molecule has 2 N–H and O–H groups in total. The van der Waals surface area contributed by atoms with E-state index in [1.54, 1.807) is 0 Å². The Hall–Kier alpha value is -0.380. The maximum Gasteiger partial charge on any atom is 0.0245 e. The lowest BCUT2D eigenvalue weighted by atomic mass is 10.1. The highest BCUT2D eigenvalue weighted by Crippen LogP contribution is 2.21. The van der Waals surface area contributed by atoms with Crippen molar-refractivity contribution in [2.75, 3.05) is 13.1 Å². The predicted molar refractivity (Wildman–Crippen MR) is 66.7 cm³/mol. The van der Waals surface area contributed by atoms with Gasteiger partial charge >= 0.3 is 0 Å². The van der Waals surface area contributed by atoms with E-state index in [1.807, 2.05) is 0 Å². The predicted octanol–water partition coefficient (Wildman–Crippen LogP) is 2.29. The molecule has 1 heterocycles. The summed E-state index contributed by atoms with van der Waals surface area (Å²) in [5.74, 6) is 0. The minimum Gasteiger partial charge on any atom is -0.326 e. The quantitative estimate of drug-likeness (QED) is 0.892. The van der Waals surface area contributed by atoms with Gasteiger partial charge in [-0.05, 0) is 30.5 Å². The Morgan fingerprint density at radius 2 is 2.33 bits per heavy atom. The molecule has 2 rings (SSSR count). The largest absolute Gasteiger partial charge is 0.326 e. The summed E-state index contributed by atoms with van der Waals surface area (Å²) >= 11 is 3.61. The van der Waals surface area contributed by atoms with Crippen LogP contribution in [0.4, 0.5) is 0 Å². The standard InChI is InChI=1S/C12H17BrN2/c1-9-2-3-10(12(13)6-9)7-15-5-4-11(14)8-15/h2-3,6,11H,4-5,7-8,14H2,1H3. The molecule has 1 aliphatic rings. The van der Waals surface area contributed by atoms with Crippen LogP contribution in [-0.2, 0) is 6.54 Å². The number of likely N-dealkylation sites (tertiary alicyclic amines) is 1. The molecule has 1 unspecified atom stereocenters. The maximum absolute atomic E-state index is 5.89. The monoisotopic (exact) mass is 268 g/mol. The van der Waals surface area contributed by atoms with Crippen LogP contribution in [0, 0.1) is 6.92 Å². The van der Waals surface area contributed by atoms with E-state index in [9.17, 15) is 0 Å². The smallest absolute Gasteiger partial charge is 0.0245 e. The fraction of sp³-hybridized carbons (Fsp3) is 0.500. The van der Waals surface area contributed by atoms with Gasteiger partial charge in [-0.1, -0.05) is 28.1 Å². The van der Waals surface area contributed by atoms with Gasteiger partial charge in [0.1, 0.15) is 0 Å². The molecular weight excluding hydrogens is 252 g/mol. The summed E-state index contributed by atoms with van der Waals surface area (Å²) < 4.78 is 1.21. The average Bonchev–Trinajstić information content (AvgIpc) is 2.56. The molecule has 0 bridgehead atoms. The lowest BCUT2D eigenvalue weighted by Crippen LogP contribution is -2.26. The number of hydrogen-bond donors (Lipinski definition) is 1. The molecule has 2 nitrogen and oxygen atoms in total. The average molecular weight is 269 g/mol. The highest BCUT2D eigenvalue weighted by Gasteiger charge is 2.19. The summed E-state index contributed by atoms with van der Waals surface area (Å²) in [4.78, 5) is 2.42. The van der Waals surface area contributed by atoms with Crippen LogP contribution in [0.5, 0.6) is 0 Å². The highest BCUT2D eigenvalue weighted by atomic mass is 79.9. The minimum absolute atomic E-state index is 0.370. The topological polar surface area (TPSA) is 29.3 Å². The fourth-order valence-electron chi connectivity index (χ4n) is 2.03. The number of halogens is 1. The highest BCUT2D eigenvalue weighted by molar-refractivity contribution is 9.10. The van der Waals surface area contributed by atoms with Gasteiger partial charge in [0.25, 0.3) is 0 Å². The number of rotatable bonds is 2. The van der Waals surface area contributed by atoms with Crippen molar-refractivity contribution in [3.8, 4) is 0 Å². The van der Waals surface area contributed by atoms with Gasteiger partial charge in [-0.15, -0.1) is 0 Å². The zero-order chi connectivity index (χ0) is 10.8. The summed E-state index contributed by atoms with van der Waals surface area (Å²) in [5.41, 5.74) is 8.54. The summed E-state index contributed by atoms with van der Waals surface area (Å²) in [6, 6.07) is 6.90. The third-order valence-electron chi connectivity index (χ3n) is 2.91. The van der Waals surface area contributed by atoms with E-state index >= 15 is 0 Å². The molecule has 0 aliphatic carbocycles. The molecule has 0 aromatic heterocycles. The SMILES string of the molecule is Cc1ccc(CN2CCC(N)C2)c(Br)c1. The van der Waals surface area contributed by atoms with Crippen molar-refractivity contribution in [2.24, 2.45) is 5.73 Å². The van der Waals surface area contributed by atoms with E-state index < -0.39 is 0 Å². The van der Waals surface area contributed by atoms with Gasteiger partial charge in [-0.25, -0.2) is 0 Å². The Morgan fingerprint density at radius 3 is 2.93 bits per heavy atom. The van der Waals surface area contributed by atoms with E-state index in [4.69, 9.17) is 5.73 Å². The molecule has 1 aromatic carbocycles. The van der Waals surface area contributed by atoms with Gasteiger partial charge in [0.15, 0.2) is 0 Å². The number of nitrogens with two attached hydrogens (primary N) is 1. The molecule has 0 amide bonds. The third-order valence-corrected chi connectivity index (χ3v) is 3.65. The lowest BCUT2D eigenvalue weighted by molar-refractivity contribution is 0.326. The molecule has 1 fully saturated rings. The van der Waals surface area contributed by atoms with E-state index in [0.29, 0.717) is 6.04 Å². The van der Waals surface area contributed by atoms with E-state index in [1.165, 1.54) is 15.6 Å². The Labute approximate surface area is 99.6 Å². The maximum atomic E-state index is 5.89. The summed E-state index contributed by atoms with van der Waals surface area (Å²) in [6.07, 6.45) is 1.13. The van der Waals surface area contributed by atoms with Crippen molar-refractivity contribution >= 4 is 15.9 Å². The zero-order valence-corrected chi connectivity index (χ0v) is 10.6. The van der Waals surface area contributed by atoms with E-state index in [2.05, 4.69) is 46.0 Å². The second-order valence-electron chi connectivity index (χ2n) is 4.38. The second kappa shape index (κ2) is 4.64. The molecule has 15 heavy (non-hydrogen) atoms. The van der Waals surface area contributed by atoms with Gasteiger partial charge in [-0.3, -0.25) is 4.90 Å². The van der Waals surface area contributed by atoms with Crippen LogP contribution in [0.2, 0.25) is 0 Å². The normalized spacial score (nSPS) is 22.2. The number of aryl methyl sites for hydroxylation is 1. The summed E-state index contributed by atoms with van der Waals surface area (Å²) in [6.45, 7) is 5.27. The van der Waals surface area contributed by atoms with Crippen molar-refractivity contribution in [1.29, 1.82) is 0 Å². The van der Waals surface area contributed by atoms with E-state index in [0.717, 1.165) is 26.1 Å². The van der Waals surface area contributed by atoms with Gasteiger partial charge in [0.2, 0.25) is 0 Å². The van der Waals surface area contributed by atoms with Crippen LogP contribution in [0.3, 0.4) is 0 Å². The van der Waals surface area contributed by atoms with Gasteiger partial charge in [-0.2, -0.15) is 0 Å². The number of benzene rings is 1. The fourth-order valence-corrected chi connectivity index (χ4v) is 2.65. The molecule has 0 spiro atoms. The Bertz CT molecular complexity index is 351. The number of hydrogen-bond acceptors (Lipinski definition) is 2. The first-order valence-corrected chi connectivity index (χ1v) is 6.17. The molecule has 82 valence electrons.